The number of thioether (sulfide) groups is 1. The lowest BCUT2D eigenvalue weighted by Crippen LogP contribution is -2.42. The Morgan fingerprint density at radius 2 is 2.00 bits per heavy atom. The van der Waals surface area contributed by atoms with Crippen LogP contribution >= 0.6 is 11.8 Å². The second-order valence-corrected chi connectivity index (χ2v) is 7.45. The lowest BCUT2D eigenvalue weighted by atomic mass is 10.1. The highest BCUT2D eigenvalue weighted by atomic mass is 32.2. The number of unbranched alkanes of at least 4 members (excludes halogenated alkanes) is 5. The SMILES string of the molecule is CCCCCCCCSCC(COO)NC(=O)Nc1cccc(C)c1. The molecule has 0 heterocycles. The molecule has 2 amide bonds. The number of carbonyl (C=O) groups excluding carboxylic acids is 1. The number of carbonyl (C=O) groups is 1. The Balaban J connectivity index is 2.23. The smallest absolute Gasteiger partial charge is 0.319 e. The Hall–Kier alpha value is -1.24. The number of anilines is 1. The van der Waals surface area contributed by atoms with Gasteiger partial charge in [0.1, 0.15) is 6.61 Å². The van der Waals surface area contributed by atoms with Crippen LogP contribution in [0, 0.1) is 6.92 Å². The van der Waals surface area contributed by atoms with Gasteiger partial charge >= 0.3 is 6.03 Å². The maximum Gasteiger partial charge on any atom is 0.319 e. The molecular formula is C19H32N2O3S. The zero-order valence-electron chi connectivity index (χ0n) is 15.4. The standard InChI is InChI=1S/C19H32N2O3S/c1-3-4-5-6-7-8-12-25-15-18(14-24-23)21-19(22)20-17-11-9-10-16(2)13-17/h9-11,13,18,23H,3-8,12,14-15H2,1-2H3,(H2,20,21,22). The van der Waals surface area contributed by atoms with Gasteiger partial charge in [-0.05, 0) is 36.8 Å². The number of hydrogen-bond acceptors (Lipinski definition) is 4. The summed E-state index contributed by atoms with van der Waals surface area (Å²) in [5.41, 5.74) is 1.84. The summed E-state index contributed by atoms with van der Waals surface area (Å²) in [6, 6.07) is 7.12. The average Bonchev–Trinajstić information content (AvgIpc) is 2.57. The number of aryl methyl sites for hydroxylation is 1. The predicted octanol–water partition coefficient (Wildman–Crippen LogP) is 5.07. The molecule has 0 saturated heterocycles. The molecule has 0 saturated carbocycles. The van der Waals surface area contributed by atoms with Crippen molar-refractivity contribution in [1.82, 2.24) is 5.32 Å². The van der Waals surface area contributed by atoms with Crippen LogP contribution in [0.4, 0.5) is 10.5 Å². The van der Waals surface area contributed by atoms with Crippen molar-refractivity contribution in [2.24, 2.45) is 0 Å². The summed E-state index contributed by atoms with van der Waals surface area (Å²) in [7, 11) is 0. The normalized spacial score (nSPS) is 12.0. The Morgan fingerprint density at radius 3 is 2.72 bits per heavy atom. The molecule has 1 rings (SSSR count). The fourth-order valence-electron chi connectivity index (χ4n) is 2.51. The maximum absolute atomic E-state index is 12.1. The maximum atomic E-state index is 12.1. The molecule has 0 bridgehead atoms. The molecule has 6 heteroatoms. The number of hydrogen-bond donors (Lipinski definition) is 3. The Kier molecular flexibility index (Phi) is 12.2. The van der Waals surface area contributed by atoms with Crippen molar-refractivity contribution in [3.05, 3.63) is 29.8 Å². The van der Waals surface area contributed by atoms with E-state index in [-0.39, 0.29) is 18.7 Å². The minimum atomic E-state index is -0.284. The zero-order chi connectivity index (χ0) is 18.3. The Morgan fingerprint density at radius 1 is 1.24 bits per heavy atom. The summed E-state index contributed by atoms with van der Waals surface area (Å²) in [6.45, 7) is 4.29. The molecule has 25 heavy (non-hydrogen) atoms. The molecule has 3 N–H and O–H groups in total. The van der Waals surface area contributed by atoms with E-state index in [4.69, 9.17) is 5.26 Å². The van der Waals surface area contributed by atoms with Gasteiger partial charge in [0.15, 0.2) is 0 Å². The summed E-state index contributed by atoms with van der Waals surface area (Å²) in [5, 5.41) is 14.4. The second-order valence-electron chi connectivity index (χ2n) is 6.30. The second kappa shape index (κ2) is 14.0. The molecule has 142 valence electrons. The molecule has 0 fully saturated rings. The van der Waals surface area contributed by atoms with Gasteiger partial charge in [-0.1, -0.05) is 51.2 Å². The van der Waals surface area contributed by atoms with Crippen molar-refractivity contribution in [1.29, 1.82) is 0 Å². The number of urea groups is 1. The van der Waals surface area contributed by atoms with Crippen LogP contribution in [0.1, 0.15) is 51.0 Å². The van der Waals surface area contributed by atoms with E-state index < -0.39 is 0 Å². The first kappa shape index (κ1) is 21.8. The fraction of sp³-hybridized carbons (Fsp3) is 0.632. The summed E-state index contributed by atoms with van der Waals surface area (Å²) in [6.07, 6.45) is 7.67. The number of benzene rings is 1. The van der Waals surface area contributed by atoms with E-state index in [1.165, 1.54) is 38.5 Å². The van der Waals surface area contributed by atoms with Gasteiger partial charge in [-0.3, -0.25) is 5.26 Å². The largest absolute Gasteiger partial charge is 0.332 e. The molecule has 5 nitrogen and oxygen atoms in total. The molecule has 0 radical (unpaired) electrons. The Labute approximate surface area is 155 Å². The van der Waals surface area contributed by atoms with E-state index in [1.54, 1.807) is 11.8 Å². The van der Waals surface area contributed by atoms with E-state index in [1.807, 2.05) is 31.2 Å². The van der Waals surface area contributed by atoms with Gasteiger partial charge in [-0.15, -0.1) is 0 Å². The first-order valence-corrected chi connectivity index (χ1v) is 10.3. The van der Waals surface area contributed by atoms with E-state index in [0.29, 0.717) is 0 Å². The van der Waals surface area contributed by atoms with Crippen LogP contribution in [-0.2, 0) is 4.89 Å². The molecule has 1 aromatic carbocycles. The van der Waals surface area contributed by atoms with Gasteiger partial charge in [-0.25, -0.2) is 9.68 Å². The molecule has 0 spiro atoms. The fourth-order valence-corrected chi connectivity index (χ4v) is 3.55. The molecule has 0 aliphatic heterocycles. The van der Waals surface area contributed by atoms with Gasteiger partial charge in [0.25, 0.3) is 0 Å². The molecule has 1 unspecified atom stereocenters. The lowest BCUT2D eigenvalue weighted by molar-refractivity contribution is -0.245. The van der Waals surface area contributed by atoms with Gasteiger partial charge in [-0.2, -0.15) is 11.8 Å². The zero-order valence-corrected chi connectivity index (χ0v) is 16.2. The van der Waals surface area contributed by atoms with Gasteiger partial charge in [0, 0.05) is 11.4 Å². The molecule has 1 aromatic rings. The highest BCUT2D eigenvalue weighted by Crippen LogP contribution is 2.12. The van der Waals surface area contributed by atoms with Crippen LogP contribution < -0.4 is 10.6 Å². The summed E-state index contributed by atoms with van der Waals surface area (Å²) < 4.78 is 0. The number of nitrogens with one attached hydrogen (secondary N) is 2. The van der Waals surface area contributed by atoms with Crippen molar-refractivity contribution in [3.8, 4) is 0 Å². The minimum absolute atomic E-state index is 0.0880. The van der Waals surface area contributed by atoms with Crippen LogP contribution in [0.5, 0.6) is 0 Å². The van der Waals surface area contributed by atoms with E-state index in [0.717, 1.165) is 22.8 Å². The first-order valence-electron chi connectivity index (χ1n) is 9.14. The highest BCUT2D eigenvalue weighted by Gasteiger charge is 2.13. The van der Waals surface area contributed by atoms with Crippen molar-refractivity contribution in [2.45, 2.75) is 58.4 Å². The average molecular weight is 369 g/mol. The van der Waals surface area contributed by atoms with Crippen LogP contribution in [0.25, 0.3) is 0 Å². The molecule has 0 aromatic heterocycles. The first-order chi connectivity index (χ1) is 12.2. The number of amides is 2. The third-order valence-electron chi connectivity index (χ3n) is 3.85. The van der Waals surface area contributed by atoms with Gasteiger partial charge in [0.2, 0.25) is 0 Å². The van der Waals surface area contributed by atoms with Crippen LogP contribution in [0.3, 0.4) is 0 Å². The topological polar surface area (TPSA) is 70.6 Å². The Bertz CT molecular complexity index is 485. The summed E-state index contributed by atoms with van der Waals surface area (Å²) >= 11 is 1.78. The van der Waals surface area contributed by atoms with Crippen LogP contribution in [0.15, 0.2) is 24.3 Å². The number of rotatable bonds is 13. The van der Waals surface area contributed by atoms with Crippen molar-refractivity contribution in [2.75, 3.05) is 23.4 Å². The predicted molar refractivity (Wildman–Crippen MR) is 106 cm³/mol. The quantitative estimate of drug-likeness (QED) is 0.258. The summed E-state index contributed by atoms with van der Waals surface area (Å²) in [5.74, 6) is 1.78. The minimum Gasteiger partial charge on any atom is -0.332 e. The molecule has 1 atom stereocenters. The third kappa shape index (κ3) is 11.1. The van der Waals surface area contributed by atoms with Crippen LogP contribution in [0.2, 0.25) is 0 Å². The monoisotopic (exact) mass is 368 g/mol. The lowest BCUT2D eigenvalue weighted by Gasteiger charge is -2.17. The third-order valence-corrected chi connectivity index (χ3v) is 5.06. The van der Waals surface area contributed by atoms with Crippen molar-refractivity contribution >= 4 is 23.5 Å². The van der Waals surface area contributed by atoms with Crippen molar-refractivity contribution in [3.63, 3.8) is 0 Å². The highest BCUT2D eigenvalue weighted by molar-refractivity contribution is 7.99. The van der Waals surface area contributed by atoms with E-state index in [2.05, 4.69) is 22.4 Å². The van der Waals surface area contributed by atoms with Gasteiger partial charge < -0.3 is 10.6 Å². The van der Waals surface area contributed by atoms with Gasteiger partial charge in [0.05, 0.1) is 6.04 Å². The molecular weight excluding hydrogens is 336 g/mol. The molecule has 0 aliphatic carbocycles. The molecule has 0 aliphatic rings. The van der Waals surface area contributed by atoms with E-state index >= 15 is 0 Å². The van der Waals surface area contributed by atoms with Crippen LogP contribution in [-0.4, -0.2) is 35.4 Å². The van der Waals surface area contributed by atoms with Crippen molar-refractivity contribution < 1.29 is 14.9 Å². The summed E-state index contributed by atoms with van der Waals surface area (Å²) in [4.78, 5) is 16.3. The van der Waals surface area contributed by atoms with E-state index in [9.17, 15) is 4.79 Å².